The van der Waals surface area contributed by atoms with Crippen molar-refractivity contribution in [1.29, 1.82) is 0 Å². The van der Waals surface area contributed by atoms with Crippen molar-refractivity contribution in [2.75, 3.05) is 26.9 Å². The van der Waals surface area contributed by atoms with Gasteiger partial charge in [0.2, 0.25) is 0 Å². The number of aliphatic hydroxyl groups excluding tert-OH is 1. The summed E-state index contributed by atoms with van der Waals surface area (Å²) in [6.45, 7) is 5.44. The van der Waals surface area contributed by atoms with Crippen molar-refractivity contribution in [1.82, 2.24) is 4.90 Å². The molecule has 198 valence electrons. The molecule has 0 spiro atoms. The van der Waals surface area contributed by atoms with Crippen LogP contribution in [0.15, 0.2) is 78.4 Å². The van der Waals surface area contributed by atoms with Crippen molar-refractivity contribution in [3.8, 4) is 11.5 Å². The van der Waals surface area contributed by atoms with E-state index in [2.05, 4.69) is 0 Å². The molecule has 4 rings (SSSR count). The van der Waals surface area contributed by atoms with Gasteiger partial charge < -0.3 is 24.2 Å². The molecule has 0 saturated carbocycles. The van der Waals surface area contributed by atoms with Gasteiger partial charge in [-0.1, -0.05) is 42.5 Å². The number of ether oxygens (including phenoxy) is 3. The Labute approximate surface area is 223 Å². The second-order valence-electron chi connectivity index (χ2n) is 9.09. The minimum Gasteiger partial charge on any atom is -0.507 e. The third-order valence-electron chi connectivity index (χ3n) is 6.50. The minimum atomic E-state index is -0.726. The molecule has 1 amide bonds. The number of aliphatic hydroxyl groups is 1. The summed E-state index contributed by atoms with van der Waals surface area (Å²) in [6, 6.07) is 21.7. The highest BCUT2D eigenvalue weighted by atomic mass is 16.5. The molecule has 0 aromatic heterocycles. The van der Waals surface area contributed by atoms with Crippen LogP contribution in [0.3, 0.4) is 0 Å². The molecule has 38 heavy (non-hydrogen) atoms. The van der Waals surface area contributed by atoms with E-state index < -0.39 is 17.7 Å². The summed E-state index contributed by atoms with van der Waals surface area (Å²) in [5, 5.41) is 11.4. The lowest BCUT2D eigenvalue weighted by molar-refractivity contribution is -0.140. The molecule has 1 fully saturated rings. The summed E-state index contributed by atoms with van der Waals surface area (Å²) in [7, 11) is 1.59. The molecule has 1 aliphatic heterocycles. The smallest absolute Gasteiger partial charge is 0.295 e. The number of nitrogens with zero attached hydrogens (tertiary/aromatic N) is 1. The maximum atomic E-state index is 13.3. The predicted molar refractivity (Wildman–Crippen MR) is 145 cm³/mol. The first kappa shape index (κ1) is 26.9. The first-order valence-corrected chi connectivity index (χ1v) is 12.7. The standard InChI is InChI=1S/C31H33NO6/c1-4-37-24-13-11-23(12-14-24)28-27(30(34)31(35)32(28)17-8-18-36-3)29(33)26-16-15-25(19-21(26)2)38-20-22-9-6-5-7-10-22/h5-7,9-16,19,28,33H,4,8,17-18,20H2,1-3H3. The fourth-order valence-electron chi connectivity index (χ4n) is 4.63. The van der Waals surface area contributed by atoms with Gasteiger partial charge in [0.15, 0.2) is 0 Å². The average molecular weight is 516 g/mol. The molecule has 1 atom stereocenters. The Hall–Kier alpha value is -4.10. The third kappa shape index (κ3) is 5.89. The lowest BCUT2D eigenvalue weighted by Crippen LogP contribution is -2.31. The number of amides is 1. The maximum Gasteiger partial charge on any atom is 0.295 e. The fraction of sp³-hybridized carbons (Fsp3) is 0.290. The van der Waals surface area contributed by atoms with Crippen molar-refractivity contribution >= 4 is 17.4 Å². The number of aryl methyl sites for hydroxylation is 1. The fourth-order valence-corrected chi connectivity index (χ4v) is 4.63. The monoisotopic (exact) mass is 515 g/mol. The molecular formula is C31H33NO6. The van der Waals surface area contributed by atoms with E-state index in [-0.39, 0.29) is 11.3 Å². The van der Waals surface area contributed by atoms with Crippen molar-refractivity contribution < 1.29 is 28.9 Å². The van der Waals surface area contributed by atoms with E-state index in [4.69, 9.17) is 14.2 Å². The van der Waals surface area contributed by atoms with Crippen LogP contribution in [0.4, 0.5) is 0 Å². The number of rotatable bonds is 11. The number of hydrogen-bond acceptors (Lipinski definition) is 6. The average Bonchev–Trinajstić information content (AvgIpc) is 3.18. The predicted octanol–water partition coefficient (Wildman–Crippen LogP) is 5.43. The minimum absolute atomic E-state index is 0.0673. The van der Waals surface area contributed by atoms with Crippen LogP contribution in [0.25, 0.3) is 5.76 Å². The normalized spacial score (nSPS) is 16.6. The number of Topliss-reactive ketones (excluding diaryl/α,β-unsaturated/α-hetero) is 1. The Morgan fingerprint density at radius 2 is 1.66 bits per heavy atom. The van der Waals surface area contributed by atoms with Gasteiger partial charge in [0.05, 0.1) is 18.2 Å². The molecule has 1 N–H and O–H groups in total. The van der Waals surface area contributed by atoms with Gasteiger partial charge in [-0.25, -0.2) is 0 Å². The van der Waals surface area contributed by atoms with Gasteiger partial charge in [0.25, 0.3) is 11.7 Å². The van der Waals surface area contributed by atoms with Gasteiger partial charge >= 0.3 is 0 Å². The van der Waals surface area contributed by atoms with Gasteiger partial charge in [0.1, 0.15) is 23.9 Å². The van der Waals surface area contributed by atoms with Gasteiger partial charge in [-0.3, -0.25) is 9.59 Å². The van der Waals surface area contributed by atoms with Crippen LogP contribution >= 0.6 is 0 Å². The van der Waals surface area contributed by atoms with Crippen LogP contribution in [-0.2, 0) is 20.9 Å². The van der Waals surface area contributed by atoms with Gasteiger partial charge in [-0.2, -0.15) is 0 Å². The lowest BCUT2D eigenvalue weighted by Gasteiger charge is -2.25. The molecular weight excluding hydrogens is 482 g/mol. The second kappa shape index (κ2) is 12.4. The number of methoxy groups -OCH3 is 1. The number of likely N-dealkylation sites (tertiary alicyclic amines) is 1. The zero-order chi connectivity index (χ0) is 27.1. The van der Waals surface area contributed by atoms with Gasteiger partial charge in [0, 0.05) is 25.8 Å². The van der Waals surface area contributed by atoms with Crippen LogP contribution in [-0.4, -0.2) is 48.6 Å². The largest absolute Gasteiger partial charge is 0.507 e. The molecule has 3 aromatic rings. The SMILES string of the molecule is CCOc1ccc(C2C(=C(O)c3ccc(OCc4ccccc4)cc3C)C(=O)C(=O)N2CCCOC)cc1. The summed E-state index contributed by atoms with van der Waals surface area (Å²) in [5.74, 6) is -0.214. The zero-order valence-electron chi connectivity index (χ0n) is 22.0. The Morgan fingerprint density at radius 3 is 2.32 bits per heavy atom. The Morgan fingerprint density at radius 1 is 0.947 bits per heavy atom. The summed E-state index contributed by atoms with van der Waals surface area (Å²) in [6.07, 6.45) is 0.559. The van der Waals surface area contributed by atoms with Crippen LogP contribution in [0.1, 0.15) is 41.6 Å². The van der Waals surface area contributed by atoms with Crippen molar-refractivity contribution in [3.05, 3.63) is 101 Å². The van der Waals surface area contributed by atoms with Crippen LogP contribution in [0.5, 0.6) is 11.5 Å². The summed E-state index contributed by atoms with van der Waals surface area (Å²) in [4.78, 5) is 27.9. The van der Waals surface area contributed by atoms with Crippen LogP contribution in [0.2, 0.25) is 0 Å². The van der Waals surface area contributed by atoms with E-state index in [9.17, 15) is 14.7 Å². The van der Waals surface area contributed by atoms with E-state index in [1.807, 2.05) is 62.4 Å². The Balaban J connectivity index is 1.68. The van der Waals surface area contributed by atoms with Crippen LogP contribution < -0.4 is 9.47 Å². The molecule has 1 aliphatic rings. The Kier molecular flexibility index (Phi) is 8.81. The lowest BCUT2D eigenvalue weighted by atomic mass is 9.93. The summed E-state index contributed by atoms with van der Waals surface area (Å²) >= 11 is 0. The molecule has 0 bridgehead atoms. The maximum absolute atomic E-state index is 13.3. The molecule has 3 aromatic carbocycles. The molecule has 1 unspecified atom stereocenters. The van der Waals surface area contributed by atoms with E-state index in [1.54, 1.807) is 31.4 Å². The number of ketones is 1. The summed E-state index contributed by atoms with van der Waals surface area (Å²) < 4.78 is 16.6. The highest BCUT2D eigenvalue weighted by molar-refractivity contribution is 6.46. The highest BCUT2D eigenvalue weighted by Gasteiger charge is 2.45. The highest BCUT2D eigenvalue weighted by Crippen LogP contribution is 2.40. The first-order valence-electron chi connectivity index (χ1n) is 12.7. The number of hydrogen-bond donors (Lipinski definition) is 1. The molecule has 1 heterocycles. The van der Waals surface area contributed by atoms with Crippen molar-refractivity contribution in [2.24, 2.45) is 0 Å². The van der Waals surface area contributed by atoms with Crippen molar-refractivity contribution in [3.63, 3.8) is 0 Å². The Bertz CT molecular complexity index is 1300. The molecule has 7 nitrogen and oxygen atoms in total. The van der Waals surface area contributed by atoms with E-state index >= 15 is 0 Å². The summed E-state index contributed by atoms with van der Waals surface area (Å²) in [5.41, 5.74) is 3.03. The van der Waals surface area contributed by atoms with E-state index in [1.165, 1.54) is 4.90 Å². The second-order valence-corrected chi connectivity index (χ2v) is 9.09. The van der Waals surface area contributed by atoms with Gasteiger partial charge in [-0.15, -0.1) is 0 Å². The van der Waals surface area contributed by atoms with Crippen molar-refractivity contribution in [2.45, 2.75) is 32.9 Å². The molecule has 0 aliphatic carbocycles. The number of carbonyl (C=O) groups excluding carboxylic acids is 2. The zero-order valence-corrected chi connectivity index (χ0v) is 22.0. The third-order valence-corrected chi connectivity index (χ3v) is 6.50. The number of benzene rings is 3. The quantitative estimate of drug-likeness (QED) is 0.159. The number of carbonyl (C=O) groups is 2. The first-order chi connectivity index (χ1) is 18.4. The topological polar surface area (TPSA) is 85.3 Å². The van der Waals surface area contributed by atoms with E-state index in [0.29, 0.717) is 55.4 Å². The molecule has 0 radical (unpaired) electrons. The van der Waals surface area contributed by atoms with Crippen LogP contribution in [0, 0.1) is 6.92 Å². The molecule has 7 heteroatoms. The van der Waals surface area contributed by atoms with E-state index in [0.717, 1.165) is 11.1 Å². The molecule has 1 saturated heterocycles. The van der Waals surface area contributed by atoms with Gasteiger partial charge in [-0.05, 0) is 67.3 Å².